The van der Waals surface area contributed by atoms with E-state index < -0.39 is 12.5 Å². The molecule has 0 unspecified atom stereocenters. The lowest BCUT2D eigenvalue weighted by Gasteiger charge is -2.10. The molecule has 2 aromatic carbocycles. The minimum atomic E-state index is -2.98. The van der Waals surface area contributed by atoms with Crippen molar-refractivity contribution < 1.29 is 27.8 Å². The summed E-state index contributed by atoms with van der Waals surface area (Å²) in [5.41, 5.74) is 0.805. The van der Waals surface area contributed by atoms with Crippen LogP contribution in [0.2, 0.25) is 5.02 Å². The molecule has 8 heteroatoms. The summed E-state index contributed by atoms with van der Waals surface area (Å²) < 4.78 is 33.7. The summed E-state index contributed by atoms with van der Waals surface area (Å²) in [6.07, 6.45) is 0.696. The van der Waals surface area contributed by atoms with E-state index in [9.17, 15) is 18.4 Å². The topological polar surface area (TPSA) is 64.6 Å². The molecule has 0 aliphatic rings. The summed E-state index contributed by atoms with van der Waals surface area (Å²) in [6, 6.07) is 10.1. The van der Waals surface area contributed by atoms with Gasteiger partial charge in [-0.05, 0) is 42.5 Å². The minimum Gasteiger partial charge on any atom is -0.484 e. The van der Waals surface area contributed by atoms with E-state index in [1.165, 1.54) is 18.2 Å². The van der Waals surface area contributed by atoms with Crippen LogP contribution in [0.15, 0.2) is 42.5 Å². The van der Waals surface area contributed by atoms with Gasteiger partial charge in [-0.1, -0.05) is 11.6 Å². The van der Waals surface area contributed by atoms with E-state index in [1.807, 2.05) is 0 Å². The molecular formula is C16H12ClF2NO4. The standard InChI is InChI=1S/C16H12ClF2NO4/c17-13-7-11(3-6-14(13)24-16(18)19)20-15(22)9-23-12-4-1-10(8-21)2-5-12/h1-8,16H,9H2,(H,20,22). The Kier molecular flexibility index (Phi) is 6.08. The van der Waals surface area contributed by atoms with Crippen LogP contribution in [0.25, 0.3) is 0 Å². The first-order chi connectivity index (χ1) is 11.5. The van der Waals surface area contributed by atoms with Crippen molar-refractivity contribution in [3.63, 3.8) is 0 Å². The molecule has 24 heavy (non-hydrogen) atoms. The maximum Gasteiger partial charge on any atom is 0.387 e. The zero-order chi connectivity index (χ0) is 17.5. The summed E-state index contributed by atoms with van der Waals surface area (Å²) in [4.78, 5) is 22.3. The van der Waals surface area contributed by atoms with E-state index in [-0.39, 0.29) is 17.4 Å². The van der Waals surface area contributed by atoms with Crippen LogP contribution in [-0.2, 0) is 4.79 Å². The predicted octanol–water partition coefficient (Wildman–Crippen LogP) is 3.77. The van der Waals surface area contributed by atoms with Gasteiger partial charge in [-0.15, -0.1) is 0 Å². The van der Waals surface area contributed by atoms with Crippen LogP contribution in [0, 0.1) is 0 Å². The lowest BCUT2D eigenvalue weighted by Crippen LogP contribution is -2.20. The molecule has 0 fully saturated rings. The molecule has 0 aromatic heterocycles. The van der Waals surface area contributed by atoms with E-state index in [0.29, 0.717) is 23.3 Å². The second kappa shape index (κ2) is 8.26. The summed E-state index contributed by atoms with van der Waals surface area (Å²) >= 11 is 5.79. The number of alkyl halides is 2. The largest absolute Gasteiger partial charge is 0.484 e. The summed E-state index contributed by atoms with van der Waals surface area (Å²) in [5.74, 6) is -0.223. The molecule has 0 saturated heterocycles. The number of halogens is 3. The first kappa shape index (κ1) is 17.7. The molecule has 0 atom stereocenters. The van der Waals surface area contributed by atoms with Gasteiger partial charge in [0.1, 0.15) is 17.8 Å². The number of benzene rings is 2. The third-order valence-corrected chi connectivity index (χ3v) is 3.11. The highest BCUT2D eigenvalue weighted by Crippen LogP contribution is 2.28. The molecule has 0 aliphatic carbocycles. The number of rotatable bonds is 7. The van der Waals surface area contributed by atoms with E-state index in [4.69, 9.17) is 16.3 Å². The quantitative estimate of drug-likeness (QED) is 0.768. The lowest BCUT2D eigenvalue weighted by atomic mass is 10.2. The van der Waals surface area contributed by atoms with Crippen molar-refractivity contribution in [1.29, 1.82) is 0 Å². The van der Waals surface area contributed by atoms with Crippen LogP contribution in [0.5, 0.6) is 11.5 Å². The number of carbonyl (C=O) groups excluding carboxylic acids is 2. The molecule has 0 saturated carbocycles. The Morgan fingerprint density at radius 3 is 2.50 bits per heavy atom. The normalized spacial score (nSPS) is 10.3. The van der Waals surface area contributed by atoms with Crippen molar-refractivity contribution in [3.8, 4) is 11.5 Å². The predicted molar refractivity (Wildman–Crippen MR) is 84.0 cm³/mol. The van der Waals surface area contributed by atoms with Crippen molar-refractivity contribution in [2.75, 3.05) is 11.9 Å². The Labute approximate surface area is 141 Å². The number of hydrogen-bond acceptors (Lipinski definition) is 4. The number of carbonyl (C=O) groups is 2. The van der Waals surface area contributed by atoms with Crippen LogP contribution < -0.4 is 14.8 Å². The fraction of sp³-hybridized carbons (Fsp3) is 0.125. The summed E-state index contributed by atoms with van der Waals surface area (Å²) in [5, 5.41) is 2.45. The van der Waals surface area contributed by atoms with Crippen molar-refractivity contribution in [3.05, 3.63) is 53.1 Å². The molecule has 0 bridgehead atoms. The molecule has 1 N–H and O–H groups in total. The maximum absolute atomic E-state index is 12.1. The second-order valence-electron chi connectivity index (χ2n) is 4.55. The minimum absolute atomic E-state index is 0.0570. The molecule has 0 heterocycles. The molecule has 126 valence electrons. The van der Waals surface area contributed by atoms with Crippen LogP contribution in [0.1, 0.15) is 10.4 Å². The van der Waals surface area contributed by atoms with Crippen molar-refractivity contribution in [2.24, 2.45) is 0 Å². The highest BCUT2D eigenvalue weighted by atomic mass is 35.5. The fourth-order valence-corrected chi connectivity index (χ4v) is 1.98. The fourth-order valence-electron chi connectivity index (χ4n) is 1.76. The number of amides is 1. The molecule has 1 amide bonds. The van der Waals surface area contributed by atoms with E-state index in [0.717, 1.165) is 0 Å². The molecule has 2 rings (SSSR count). The molecule has 2 aromatic rings. The Morgan fingerprint density at radius 1 is 1.21 bits per heavy atom. The van der Waals surface area contributed by atoms with Gasteiger partial charge in [-0.2, -0.15) is 8.78 Å². The molecule has 0 radical (unpaired) electrons. The lowest BCUT2D eigenvalue weighted by molar-refractivity contribution is -0.118. The average molecular weight is 356 g/mol. The van der Waals surface area contributed by atoms with Gasteiger partial charge in [-0.3, -0.25) is 9.59 Å². The van der Waals surface area contributed by atoms with Gasteiger partial charge in [-0.25, -0.2) is 0 Å². The van der Waals surface area contributed by atoms with E-state index >= 15 is 0 Å². The Balaban J connectivity index is 1.89. The van der Waals surface area contributed by atoms with Gasteiger partial charge < -0.3 is 14.8 Å². The third kappa shape index (κ3) is 5.20. The van der Waals surface area contributed by atoms with Gasteiger partial charge in [0.2, 0.25) is 0 Å². The van der Waals surface area contributed by atoms with Crippen LogP contribution in [0.4, 0.5) is 14.5 Å². The number of hydrogen-bond donors (Lipinski definition) is 1. The van der Waals surface area contributed by atoms with Crippen molar-refractivity contribution in [1.82, 2.24) is 0 Å². The van der Waals surface area contributed by atoms with E-state index in [2.05, 4.69) is 10.1 Å². The Hall–Kier alpha value is -2.67. The maximum atomic E-state index is 12.1. The van der Waals surface area contributed by atoms with E-state index in [1.54, 1.807) is 24.3 Å². The molecule has 0 aliphatic heterocycles. The zero-order valence-electron chi connectivity index (χ0n) is 12.2. The number of aldehydes is 1. The van der Waals surface area contributed by atoms with Gasteiger partial charge in [0.15, 0.2) is 6.61 Å². The molecular weight excluding hydrogens is 344 g/mol. The average Bonchev–Trinajstić information content (AvgIpc) is 2.55. The Bertz CT molecular complexity index is 723. The number of ether oxygens (including phenoxy) is 2. The van der Waals surface area contributed by atoms with Crippen molar-refractivity contribution >= 4 is 29.5 Å². The SMILES string of the molecule is O=Cc1ccc(OCC(=O)Nc2ccc(OC(F)F)c(Cl)c2)cc1. The highest BCUT2D eigenvalue weighted by Gasteiger charge is 2.10. The van der Waals surface area contributed by atoms with Gasteiger partial charge in [0.25, 0.3) is 5.91 Å². The van der Waals surface area contributed by atoms with Gasteiger partial charge >= 0.3 is 6.61 Å². The zero-order valence-corrected chi connectivity index (χ0v) is 12.9. The first-order valence-corrected chi connectivity index (χ1v) is 7.08. The first-order valence-electron chi connectivity index (χ1n) is 6.70. The smallest absolute Gasteiger partial charge is 0.387 e. The van der Waals surface area contributed by atoms with Gasteiger partial charge in [0, 0.05) is 11.3 Å². The molecule has 0 spiro atoms. The number of anilines is 1. The second-order valence-corrected chi connectivity index (χ2v) is 4.95. The van der Waals surface area contributed by atoms with Gasteiger partial charge in [0.05, 0.1) is 5.02 Å². The Morgan fingerprint density at radius 2 is 1.92 bits per heavy atom. The number of nitrogens with one attached hydrogen (secondary N) is 1. The van der Waals surface area contributed by atoms with Crippen LogP contribution in [-0.4, -0.2) is 25.4 Å². The summed E-state index contributed by atoms with van der Waals surface area (Å²) in [6.45, 7) is -3.25. The highest BCUT2D eigenvalue weighted by molar-refractivity contribution is 6.32. The monoisotopic (exact) mass is 355 g/mol. The van der Waals surface area contributed by atoms with Crippen LogP contribution >= 0.6 is 11.6 Å². The summed E-state index contributed by atoms with van der Waals surface area (Å²) in [7, 11) is 0. The molecule has 5 nitrogen and oxygen atoms in total. The third-order valence-electron chi connectivity index (χ3n) is 2.82. The van der Waals surface area contributed by atoms with Crippen molar-refractivity contribution in [2.45, 2.75) is 6.61 Å². The van der Waals surface area contributed by atoms with Crippen LogP contribution in [0.3, 0.4) is 0 Å².